The van der Waals surface area contributed by atoms with Gasteiger partial charge in [-0.3, -0.25) is 4.79 Å². The third-order valence-corrected chi connectivity index (χ3v) is 2.22. The Morgan fingerprint density at radius 1 is 1.50 bits per heavy atom. The number of Topliss-reactive ketones (excluding diaryl/α,β-unsaturated/α-hetero) is 1. The summed E-state index contributed by atoms with van der Waals surface area (Å²) in [6, 6.07) is 0. The lowest BCUT2D eigenvalue weighted by Gasteiger charge is -2.25. The first-order valence-electron chi connectivity index (χ1n) is 3.44. The zero-order chi connectivity index (χ0) is 9.30. The SMILES string of the molecule is O=C1C(CO)=C[C@@H](O)[C@@H](O)[C@@H]1Cl. The molecule has 0 saturated heterocycles. The molecule has 0 radical (unpaired) electrons. The van der Waals surface area contributed by atoms with Crippen molar-refractivity contribution in [3.63, 3.8) is 0 Å². The summed E-state index contributed by atoms with van der Waals surface area (Å²) in [5.74, 6) is -0.531. The zero-order valence-electron chi connectivity index (χ0n) is 6.14. The lowest BCUT2D eigenvalue weighted by Crippen LogP contribution is -2.43. The molecule has 0 unspecified atom stereocenters. The highest BCUT2D eigenvalue weighted by Gasteiger charge is 2.35. The Kier molecular flexibility index (Phi) is 2.85. The fourth-order valence-corrected chi connectivity index (χ4v) is 1.31. The maximum absolute atomic E-state index is 11.1. The second kappa shape index (κ2) is 3.53. The average Bonchev–Trinajstić information content (AvgIpc) is 2.08. The summed E-state index contributed by atoms with van der Waals surface area (Å²) >= 11 is 5.47. The Hall–Kier alpha value is -0.420. The van der Waals surface area contributed by atoms with E-state index < -0.39 is 30.0 Å². The minimum absolute atomic E-state index is 0.0489. The maximum Gasteiger partial charge on any atom is 0.181 e. The monoisotopic (exact) mass is 192 g/mol. The van der Waals surface area contributed by atoms with E-state index in [-0.39, 0.29) is 5.57 Å². The van der Waals surface area contributed by atoms with Crippen LogP contribution in [0.4, 0.5) is 0 Å². The van der Waals surface area contributed by atoms with E-state index >= 15 is 0 Å². The van der Waals surface area contributed by atoms with Gasteiger partial charge in [-0.2, -0.15) is 0 Å². The fraction of sp³-hybridized carbons (Fsp3) is 0.571. The van der Waals surface area contributed by atoms with Gasteiger partial charge in [0.2, 0.25) is 0 Å². The van der Waals surface area contributed by atoms with Crippen molar-refractivity contribution in [1.82, 2.24) is 0 Å². The van der Waals surface area contributed by atoms with Crippen molar-refractivity contribution < 1.29 is 20.1 Å². The molecule has 3 atom stereocenters. The summed E-state index contributed by atoms with van der Waals surface area (Å²) in [6.07, 6.45) is -1.34. The molecular weight excluding hydrogens is 184 g/mol. The van der Waals surface area contributed by atoms with Crippen LogP contribution in [0.2, 0.25) is 0 Å². The molecule has 0 amide bonds. The summed E-state index contributed by atoms with van der Waals surface area (Å²) in [7, 11) is 0. The molecule has 1 aliphatic carbocycles. The molecule has 5 heteroatoms. The molecule has 68 valence electrons. The van der Waals surface area contributed by atoms with Gasteiger partial charge in [0.1, 0.15) is 17.6 Å². The Labute approximate surface area is 74.1 Å². The first kappa shape index (κ1) is 9.67. The molecule has 1 rings (SSSR count). The normalized spacial score (nSPS) is 36.5. The third kappa shape index (κ3) is 1.51. The van der Waals surface area contributed by atoms with E-state index in [0.29, 0.717) is 0 Å². The van der Waals surface area contributed by atoms with Gasteiger partial charge in [-0.1, -0.05) is 0 Å². The Bertz CT molecular complexity index is 225. The Morgan fingerprint density at radius 3 is 2.58 bits per heavy atom. The Balaban J connectivity index is 2.92. The number of carbonyl (C=O) groups excluding carboxylic acids is 1. The smallest absolute Gasteiger partial charge is 0.181 e. The zero-order valence-corrected chi connectivity index (χ0v) is 6.90. The van der Waals surface area contributed by atoms with E-state index in [1.54, 1.807) is 0 Å². The third-order valence-electron chi connectivity index (χ3n) is 1.76. The number of alkyl halides is 1. The van der Waals surface area contributed by atoms with Crippen molar-refractivity contribution in [2.75, 3.05) is 6.61 Å². The van der Waals surface area contributed by atoms with Crippen LogP contribution in [0.5, 0.6) is 0 Å². The van der Waals surface area contributed by atoms with Gasteiger partial charge < -0.3 is 15.3 Å². The molecular formula is C7H9ClO4. The van der Waals surface area contributed by atoms with Crippen LogP contribution in [0.3, 0.4) is 0 Å². The van der Waals surface area contributed by atoms with Crippen molar-refractivity contribution in [3.05, 3.63) is 11.6 Å². The van der Waals surface area contributed by atoms with Gasteiger partial charge in [-0.25, -0.2) is 0 Å². The summed E-state index contributed by atoms with van der Waals surface area (Å²) in [4.78, 5) is 11.1. The second-order valence-corrected chi connectivity index (χ2v) is 3.07. The molecule has 0 spiro atoms. The summed E-state index contributed by atoms with van der Waals surface area (Å²) in [6.45, 7) is -0.466. The van der Waals surface area contributed by atoms with Crippen LogP contribution in [0.15, 0.2) is 11.6 Å². The van der Waals surface area contributed by atoms with Crippen LogP contribution in [0.1, 0.15) is 0 Å². The average molecular weight is 193 g/mol. The standard InChI is InChI=1S/C7H9ClO4/c8-5-6(11)3(2-9)1-4(10)7(5)12/h1,4-5,7,9-10,12H,2H2/t4-,5-,7-/m1/s1. The second-order valence-electron chi connectivity index (χ2n) is 2.60. The first-order chi connectivity index (χ1) is 5.57. The fourth-order valence-electron chi connectivity index (χ4n) is 1.02. The molecule has 0 aromatic heterocycles. The molecule has 0 aromatic carbocycles. The summed E-state index contributed by atoms with van der Waals surface area (Å²) < 4.78 is 0. The molecule has 4 nitrogen and oxygen atoms in total. The van der Waals surface area contributed by atoms with Crippen molar-refractivity contribution in [3.8, 4) is 0 Å². The topological polar surface area (TPSA) is 77.8 Å². The van der Waals surface area contributed by atoms with Gasteiger partial charge >= 0.3 is 0 Å². The lowest BCUT2D eigenvalue weighted by atomic mass is 9.94. The van der Waals surface area contributed by atoms with Crippen molar-refractivity contribution in [2.45, 2.75) is 17.6 Å². The number of hydrogen-bond donors (Lipinski definition) is 3. The predicted octanol–water partition coefficient (Wildman–Crippen LogP) is -1.18. The minimum atomic E-state index is -1.28. The van der Waals surface area contributed by atoms with E-state index in [4.69, 9.17) is 26.9 Å². The molecule has 0 heterocycles. The number of halogens is 1. The van der Waals surface area contributed by atoms with E-state index in [0.717, 1.165) is 6.08 Å². The number of aliphatic hydroxyl groups excluding tert-OH is 3. The lowest BCUT2D eigenvalue weighted by molar-refractivity contribution is -0.119. The molecule has 3 N–H and O–H groups in total. The Morgan fingerprint density at radius 2 is 2.08 bits per heavy atom. The summed E-state index contributed by atoms with van der Waals surface area (Å²) in [5.41, 5.74) is 0.0489. The predicted molar refractivity (Wildman–Crippen MR) is 41.8 cm³/mol. The minimum Gasteiger partial charge on any atom is -0.392 e. The number of carbonyl (C=O) groups is 1. The van der Waals surface area contributed by atoms with Crippen molar-refractivity contribution in [2.24, 2.45) is 0 Å². The van der Waals surface area contributed by atoms with Crippen LogP contribution < -0.4 is 0 Å². The number of hydrogen-bond acceptors (Lipinski definition) is 4. The largest absolute Gasteiger partial charge is 0.392 e. The van der Waals surface area contributed by atoms with E-state index in [1.165, 1.54) is 0 Å². The number of aliphatic hydroxyl groups is 3. The van der Waals surface area contributed by atoms with E-state index in [1.807, 2.05) is 0 Å². The van der Waals surface area contributed by atoms with Crippen LogP contribution in [0, 0.1) is 0 Å². The van der Waals surface area contributed by atoms with Gasteiger partial charge in [0.25, 0.3) is 0 Å². The molecule has 0 aromatic rings. The highest BCUT2D eigenvalue weighted by molar-refractivity contribution is 6.34. The van der Waals surface area contributed by atoms with Gasteiger partial charge in [0.05, 0.1) is 6.61 Å². The molecule has 12 heavy (non-hydrogen) atoms. The van der Waals surface area contributed by atoms with Crippen molar-refractivity contribution >= 4 is 17.4 Å². The quantitative estimate of drug-likeness (QED) is 0.457. The van der Waals surface area contributed by atoms with E-state index in [9.17, 15) is 4.79 Å². The number of rotatable bonds is 1. The molecule has 0 fully saturated rings. The van der Waals surface area contributed by atoms with Gasteiger partial charge in [0.15, 0.2) is 5.78 Å². The first-order valence-corrected chi connectivity index (χ1v) is 3.87. The van der Waals surface area contributed by atoms with Crippen LogP contribution in [-0.4, -0.2) is 45.3 Å². The van der Waals surface area contributed by atoms with Crippen LogP contribution in [-0.2, 0) is 4.79 Å². The maximum atomic E-state index is 11.1. The molecule has 1 aliphatic rings. The van der Waals surface area contributed by atoms with Gasteiger partial charge in [-0.15, -0.1) is 11.6 Å². The molecule has 0 bridgehead atoms. The number of ketones is 1. The van der Waals surface area contributed by atoms with Crippen LogP contribution in [0.25, 0.3) is 0 Å². The van der Waals surface area contributed by atoms with Crippen LogP contribution >= 0.6 is 11.6 Å². The highest BCUT2D eigenvalue weighted by Crippen LogP contribution is 2.20. The summed E-state index contributed by atoms with van der Waals surface area (Å²) in [5, 5.41) is 25.7. The van der Waals surface area contributed by atoms with Gasteiger partial charge in [-0.05, 0) is 6.08 Å². The highest BCUT2D eigenvalue weighted by atomic mass is 35.5. The van der Waals surface area contributed by atoms with E-state index in [2.05, 4.69) is 0 Å². The molecule has 0 saturated carbocycles. The molecule has 0 aliphatic heterocycles. The van der Waals surface area contributed by atoms with Crippen molar-refractivity contribution in [1.29, 1.82) is 0 Å². The van der Waals surface area contributed by atoms with Gasteiger partial charge in [0, 0.05) is 5.57 Å².